The minimum absolute atomic E-state index is 0.0552. The van der Waals surface area contributed by atoms with E-state index in [-0.39, 0.29) is 12.8 Å². The van der Waals surface area contributed by atoms with Gasteiger partial charge in [0.05, 0.1) is 12.6 Å². The van der Waals surface area contributed by atoms with Crippen LogP contribution in [0.25, 0.3) is 0 Å². The number of methoxy groups -OCH3 is 1. The van der Waals surface area contributed by atoms with Crippen LogP contribution in [0.1, 0.15) is 12.8 Å². The van der Waals surface area contributed by atoms with Crippen molar-refractivity contribution in [2.75, 3.05) is 7.11 Å². The Hall–Kier alpha value is -0.710. The Morgan fingerprint density at radius 1 is 1.50 bits per heavy atom. The molecular weight excluding hydrogens is 168 g/mol. The van der Waals surface area contributed by atoms with E-state index in [1.165, 1.54) is 0 Å². The summed E-state index contributed by atoms with van der Waals surface area (Å²) in [5.74, 6) is -3.90. The van der Waals surface area contributed by atoms with E-state index in [9.17, 15) is 13.6 Å². The van der Waals surface area contributed by atoms with Crippen LogP contribution < -0.4 is 5.73 Å². The summed E-state index contributed by atoms with van der Waals surface area (Å²) < 4.78 is 30.4. The molecule has 0 atom stereocenters. The molecule has 12 heavy (non-hydrogen) atoms. The molecule has 0 unspecified atom stereocenters. The summed E-state index contributed by atoms with van der Waals surface area (Å²) in [4.78, 5) is 11.0. The fourth-order valence-corrected chi connectivity index (χ4v) is 2.20. The second-order valence-corrected chi connectivity index (χ2v) is 3.66. The van der Waals surface area contributed by atoms with Crippen molar-refractivity contribution in [2.24, 2.45) is 11.1 Å². The molecule has 0 aromatic rings. The van der Waals surface area contributed by atoms with Crippen LogP contribution in [0.3, 0.4) is 0 Å². The lowest BCUT2D eigenvalue weighted by Crippen LogP contribution is -2.89. The van der Waals surface area contributed by atoms with Crippen LogP contribution >= 0.6 is 0 Å². The van der Waals surface area contributed by atoms with Crippen molar-refractivity contribution in [1.29, 1.82) is 0 Å². The smallest absolute Gasteiger partial charge is 0.318 e. The minimum Gasteiger partial charge on any atom is -0.468 e. The molecule has 0 aromatic heterocycles. The Morgan fingerprint density at radius 2 is 2.00 bits per heavy atom. The molecule has 0 radical (unpaired) electrons. The third-order valence-electron chi connectivity index (χ3n) is 3.04. The molecule has 3 rings (SSSR count). The normalized spacial score (nSPS) is 47.3. The molecule has 3 fully saturated rings. The highest BCUT2D eigenvalue weighted by molar-refractivity contribution is 5.84. The van der Waals surface area contributed by atoms with Crippen LogP contribution in [0.15, 0.2) is 0 Å². The van der Waals surface area contributed by atoms with Gasteiger partial charge < -0.3 is 10.5 Å². The standard InChI is InChI=1S/C7H9F2NO2/c1-12-4(11)5-2-6(10,3-5)7(5,8)9/h2-3,10H2,1H3. The van der Waals surface area contributed by atoms with E-state index < -0.39 is 22.8 Å². The molecule has 0 aliphatic heterocycles. The highest BCUT2D eigenvalue weighted by Gasteiger charge is 2.90. The van der Waals surface area contributed by atoms with Gasteiger partial charge in [-0.15, -0.1) is 0 Å². The Kier molecular flexibility index (Phi) is 1.08. The maximum Gasteiger partial charge on any atom is 0.318 e. The van der Waals surface area contributed by atoms with E-state index in [0.717, 1.165) is 7.11 Å². The number of hydrogen-bond acceptors (Lipinski definition) is 3. The van der Waals surface area contributed by atoms with Gasteiger partial charge in [0.15, 0.2) is 0 Å². The molecule has 0 amide bonds. The SMILES string of the molecule is COC(=O)C12CC(N)(C1)C2(F)F. The predicted molar refractivity (Wildman–Crippen MR) is 35.5 cm³/mol. The van der Waals surface area contributed by atoms with Gasteiger partial charge in [0.1, 0.15) is 5.41 Å². The fourth-order valence-electron chi connectivity index (χ4n) is 2.20. The van der Waals surface area contributed by atoms with E-state index in [2.05, 4.69) is 4.74 Å². The number of carbonyl (C=O) groups excluding carboxylic acids is 1. The van der Waals surface area contributed by atoms with Gasteiger partial charge in [-0.25, -0.2) is 8.78 Å². The monoisotopic (exact) mass is 177 g/mol. The summed E-state index contributed by atoms with van der Waals surface area (Å²) in [7, 11) is 1.11. The van der Waals surface area contributed by atoms with E-state index in [4.69, 9.17) is 5.73 Å². The Bertz CT molecular complexity index is 258. The van der Waals surface area contributed by atoms with Crippen LogP contribution in [0, 0.1) is 5.41 Å². The lowest BCUT2D eigenvalue weighted by Gasteiger charge is -2.71. The maximum atomic E-state index is 13.0. The number of ether oxygens (including phenoxy) is 1. The first-order chi connectivity index (χ1) is 5.40. The summed E-state index contributed by atoms with van der Waals surface area (Å²) in [6.07, 6.45) is 0.110. The number of rotatable bonds is 1. The molecule has 2 bridgehead atoms. The number of carbonyl (C=O) groups is 1. The quantitative estimate of drug-likeness (QED) is 0.585. The van der Waals surface area contributed by atoms with Crippen molar-refractivity contribution in [3.8, 4) is 0 Å². The van der Waals surface area contributed by atoms with E-state index in [1.807, 2.05) is 0 Å². The number of hydrogen-bond donors (Lipinski definition) is 1. The Morgan fingerprint density at radius 3 is 2.25 bits per heavy atom. The summed E-state index contributed by atoms with van der Waals surface area (Å²) in [6.45, 7) is 0. The molecule has 3 nitrogen and oxygen atoms in total. The highest BCUT2D eigenvalue weighted by Crippen LogP contribution is 2.75. The molecule has 3 saturated carbocycles. The van der Waals surface area contributed by atoms with Crippen LogP contribution in [-0.2, 0) is 9.53 Å². The molecule has 68 valence electrons. The first kappa shape index (κ1) is 7.91. The van der Waals surface area contributed by atoms with Crippen LogP contribution in [0.2, 0.25) is 0 Å². The zero-order chi connectivity index (χ0) is 9.20. The summed E-state index contributed by atoms with van der Waals surface area (Å²) in [5.41, 5.74) is 2.27. The fraction of sp³-hybridized carbons (Fsp3) is 0.857. The van der Waals surface area contributed by atoms with E-state index >= 15 is 0 Å². The average molecular weight is 177 g/mol. The first-order valence-electron chi connectivity index (χ1n) is 3.65. The van der Waals surface area contributed by atoms with Gasteiger partial charge in [-0.3, -0.25) is 4.79 Å². The van der Waals surface area contributed by atoms with Crippen molar-refractivity contribution >= 4 is 5.97 Å². The lowest BCUT2D eigenvalue weighted by atomic mass is 9.36. The molecule has 0 spiro atoms. The van der Waals surface area contributed by atoms with E-state index in [1.54, 1.807) is 0 Å². The van der Waals surface area contributed by atoms with Crippen molar-refractivity contribution in [1.82, 2.24) is 0 Å². The largest absolute Gasteiger partial charge is 0.468 e. The number of alkyl halides is 2. The van der Waals surface area contributed by atoms with Crippen LogP contribution in [-0.4, -0.2) is 24.5 Å². The van der Waals surface area contributed by atoms with Crippen molar-refractivity contribution < 1.29 is 18.3 Å². The first-order valence-corrected chi connectivity index (χ1v) is 3.65. The number of nitrogens with two attached hydrogens (primary N) is 1. The number of esters is 1. The Balaban J connectivity index is 2.25. The van der Waals surface area contributed by atoms with Gasteiger partial charge in [0.25, 0.3) is 5.92 Å². The summed E-state index contributed by atoms with van der Waals surface area (Å²) in [5, 5.41) is 0. The van der Waals surface area contributed by atoms with Crippen molar-refractivity contribution in [3.63, 3.8) is 0 Å². The topological polar surface area (TPSA) is 52.3 Å². The number of halogens is 2. The molecule has 3 aliphatic carbocycles. The molecule has 5 heteroatoms. The summed E-state index contributed by atoms with van der Waals surface area (Å²) >= 11 is 0. The average Bonchev–Trinajstić information content (AvgIpc) is 1.98. The molecule has 0 saturated heterocycles. The summed E-state index contributed by atoms with van der Waals surface area (Å²) in [6, 6.07) is 0. The van der Waals surface area contributed by atoms with Gasteiger partial charge in [-0.05, 0) is 12.8 Å². The van der Waals surface area contributed by atoms with Crippen LogP contribution in [0.4, 0.5) is 8.78 Å². The Labute approximate surface area is 67.9 Å². The third-order valence-corrected chi connectivity index (χ3v) is 3.04. The van der Waals surface area contributed by atoms with Crippen molar-refractivity contribution in [2.45, 2.75) is 24.3 Å². The second kappa shape index (κ2) is 1.64. The van der Waals surface area contributed by atoms with Crippen LogP contribution in [0.5, 0.6) is 0 Å². The minimum atomic E-state index is -3.06. The second-order valence-electron chi connectivity index (χ2n) is 3.66. The molecule has 3 aliphatic rings. The van der Waals surface area contributed by atoms with Gasteiger partial charge in [0, 0.05) is 0 Å². The van der Waals surface area contributed by atoms with E-state index in [0.29, 0.717) is 0 Å². The predicted octanol–water partition coefficient (Wildman–Crippen LogP) is 0.286. The molecule has 2 N–H and O–H groups in total. The third kappa shape index (κ3) is 0.459. The van der Waals surface area contributed by atoms with Gasteiger partial charge in [0.2, 0.25) is 0 Å². The van der Waals surface area contributed by atoms with Gasteiger partial charge in [-0.1, -0.05) is 0 Å². The zero-order valence-electron chi connectivity index (χ0n) is 6.56. The molecule has 0 aromatic carbocycles. The van der Waals surface area contributed by atoms with Crippen molar-refractivity contribution in [3.05, 3.63) is 0 Å². The highest BCUT2D eigenvalue weighted by atomic mass is 19.3. The van der Waals surface area contributed by atoms with Gasteiger partial charge in [-0.2, -0.15) is 0 Å². The zero-order valence-corrected chi connectivity index (χ0v) is 6.56. The maximum absolute atomic E-state index is 13.0. The lowest BCUT2D eigenvalue weighted by molar-refractivity contribution is -0.349. The molecular formula is C7H9F2NO2. The van der Waals surface area contributed by atoms with Gasteiger partial charge >= 0.3 is 5.97 Å². The molecule has 0 heterocycles.